The first-order valence-electron chi connectivity index (χ1n) is 7.65. The van der Waals surface area contributed by atoms with Gasteiger partial charge in [-0.05, 0) is 18.2 Å². The maximum Gasteiger partial charge on any atom is 0.225 e. The molecule has 0 amide bonds. The minimum absolute atomic E-state index is 0.0366. The molecule has 116 valence electrons. The zero-order chi connectivity index (χ0) is 15.6. The Balaban J connectivity index is 1.64. The van der Waals surface area contributed by atoms with Gasteiger partial charge in [-0.25, -0.2) is 9.97 Å². The van der Waals surface area contributed by atoms with Crippen molar-refractivity contribution in [1.29, 1.82) is 0 Å². The molecule has 1 aliphatic rings. The summed E-state index contributed by atoms with van der Waals surface area (Å²) < 4.78 is 0. The molecule has 0 N–H and O–H groups in total. The Kier molecular flexibility index (Phi) is 3.92. The lowest BCUT2D eigenvalue weighted by Crippen LogP contribution is -2.47. The van der Waals surface area contributed by atoms with E-state index in [1.807, 2.05) is 6.07 Å². The maximum absolute atomic E-state index is 4.39. The molecule has 3 rings (SSSR count). The Hall–Kier alpha value is -2.24. The van der Waals surface area contributed by atoms with Crippen molar-refractivity contribution in [2.45, 2.75) is 26.2 Å². The highest BCUT2D eigenvalue weighted by Crippen LogP contribution is 2.21. The van der Waals surface area contributed by atoms with E-state index in [-0.39, 0.29) is 5.41 Å². The molecule has 0 radical (unpaired) electrons. The fraction of sp³-hybridized carbons (Fsp3) is 0.500. The summed E-state index contributed by atoms with van der Waals surface area (Å²) in [6.45, 7) is 10.0. The number of piperazine rings is 1. The largest absolute Gasteiger partial charge is 0.352 e. The SMILES string of the molecule is CC(C)(C)c1ccc(N2CCN(c3ncccn3)CC2)nn1. The van der Waals surface area contributed by atoms with Gasteiger partial charge in [-0.3, -0.25) is 0 Å². The summed E-state index contributed by atoms with van der Waals surface area (Å²) in [5.41, 5.74) is 1.06. The molecule has 0 unspecified atom stereocenters. The molecule has 3 heterocycles. The fourth-order valence-electron chi connectivity index (χ4n) is 2.48. The summed E-state index contributed by atoms with van der Waals surface area (Å²) in [6.07, 6.45) is 3.57. The molecule has 1 aliphatic heterocycles. The van der Waals surface area contributed by atoms with Crippen LogP contribution in [-0.4, -0.2) is 46.3 Å². The first-order valence-corrected chi connectivity index (χ1v) is 7.65. The fourth-order valence-corrected chi connectivity index (χ4v) is 2.48. The van der Waals surface area contributed by atoms with Crippen LogP contribution in [0, 0.1) is 0 Å². The molecule has 0 spiro atoms. The topological polar surface area (TPSA) is 58.0 Å². The van der Waals surface area contributed by atoms with E-state index in [9.17, 15) is 0 Å². The van der Waals surface area contributed by atoms with Crippen molar-refractivity contribution in [3.63, 3.8) is 0 Å². The van der Waals surface area contributed by atoms with Crippen LogP contribution in [0.4, 0.5) is 11.8 Å². The van der Waals surface area contributed by atoms with Gasteiger partial charge in [0, 0.05) is 44.0 Å². The number of hydrogen-bond donors (Lipinski definition) is 0. The number of nitrogens with zero attached hydrogens (tertiary/aromatic N) is 6. The van der Waals surface area contributed by atoms with Crippen LogP contribution >= 0.6 is 0 Å². The van der Waals surface area contributed by atoms with Crippen molar-refractivity contribution in [3.8, 4) is 0 Å². The van der Waals surface area contributed by atoms with E-state index in [1.165, 1.54) is 0 Å². The van der Waals surface area contributed by atoms with Crippen LogP contribution in [0.5, 0.6) is 0 Å². The van der Waals surface area contributed by atoms with E-state index < -0.39 is 0 Å². The van der Waals surface area contributed by atoms with Crippen molar-refractivity contribution in [2.75, 3.05) is 36.0 Å². The van der Waals surface area contributed by atoms with E-state index >= 15 is 0 Å². The van der Waals surface area contributed by atoms with Gasteiger partial charge < -0.3 is 9.80 Å². The molecule has 0 aromatic carbocycles. The quantitative estimate of drug-likeness (QED) is 0.844. The van der Waals surface area contributed by atoms with Crippen LogP contribution in [0.3, 0.4) is 0 Å². The third kappa shape index (κ3) is 3.16. The Morgan fingerprint density at radius 2 is 1.50 bits per heavy atom. The van der Waals surface area contributed by atoms with E-state index in [0.717, 1.165) is 43.6 Å². The van der Waals surface area contributed by atoms with Gasteiger partial charge in [-0.2, -0.15) is 5.10 Å². The van der Waals surface area contributed by atoms with Crippen LogP contribution < -0.4 is 9.80 Å². The van der Waals surface area contributed by atoms with Crippen molar-refractivity contribution >= 4 is 11.8 Å². The molecule has 2 aromatic rings. The molecule has 1 saturated heterocycles. The predicted molar refractivity (Wildman–Crippen MR) is 87.2 cm³/mol. The molecule has 6 heteroatoms. The maximum atomic E-state index is 4.39. The van der Waals surface area contributed by atoms with E-state index in [1.54, 1.807) is 12.4 Å². The lowest BCUT2D eigenvalue weighted by Gasteiger charge is -2.35. The highest BCUT2D eigenvalue weighted by molar-refractivity contribution is 5.41. The van der Waals surface area contributed by atoms with Gasteiger partial charge >= 0.3 is 0 Å². The van der Waals surface area contributed by atoms with Crippen LogP contribution in [0.1, 0.15) is 26.5 Å². The van der Waals surface area contributed by atoms with E-state index in [2.05, 4.69) is 62.9 Å². The first-order chi connectivity index (χ1) is 10.5. The molecular weight excluding hydrogens is 276 g/mol. The van der Waals surface area contributed by atoms with Crippen molar-refractivity contribution in [1.82, 2.24) is 20.2 Å². The Bertz CT molecular complexity index is 597. The first kappa shape index (κ1) is 14.7. The Labute approximate surface area is 131 Å². The van der Waals surface area contributed by atoms with Crippen LogP contribution in [0.15, 0.2) is 30.6 Å². The summed E-state index contributed by atoms with van der Waals surface area (Å²) in [4.78, 5) is 13.1. The molecule has 1 fully saturated rings. The van der Waals surface area contributed by atoms with Gasteiger partial charge in [-0.15, -0.1) is 5.10 Å². The smallest absolute Gasteiger partial charge is 0.225 e. The minimum atomic E-state index is 0.0366. The molecular formula is C16H22N6. The van der Waals surface area contributed by atoms with Gasteiger partial charge in [0.25, 0.3) is 0 Å². The van der Waals surface area contributed by atoms with Crippen LogP contribution in [-0.2, 0) is 5.41 Å². The van der Waals surface area contributed by atoms with E-state index in [0.29, 0.717) is 0 Å². The normalized spacial score (nSPS) is 16.0. The molecule has 0 saturated carbocycles. The molecule has 2 aromatic heterocycles. The zero-order valence-corrected chi connectivity index (χ0v) is 13.4. The Morgan fingerprint density at radius 3 is 2.05 bits per heavy atom. The molecule has 22 heavy (non-hydrogen) atoms. The van der Waals surface area contributed by atoms with Gasteiger partial charge in [0.2, 0.25) is 5.95 Å². The summed E-state index contributed by atoms with van der Waals surface area (Å²) in [5, 5.41) is 8.77. The third-order valence-electron chi connectivity index (χ3n) is 3.86. The van der Waals surface area contributed by atoms with E-state index in [4.69, 9.17) is 0 Å². The highest BCUT2D eigenvalue weighted by Gasteiger charge is 2.21. The average molecular weight is 298 g/mol. The number of anilines is 2. The summed E-state index contributed by atoms with van der Waals surface area (Å²) in [7, 11) is 0. The predicted octanol–water partition coefficient (Wildman–Crippen LogP) is 1.89. The van der Waals surface area contributed by atoms with Gasteiger partial charge in [0.1, 0.15) is 0 Å². The van der Waals surface area contributed by atoms with Crippen molar-refractivity contribution in [3.05, 3.63) is 36.3 Å². The standard InChI is InChI=1S/C16H22N6/c1-16(2,3)13-5-6-14(20-19-13)21-9-11-22(12-10-21)15-17-7-4-8-18-15/h4-8H,9-12H2,1-3H3. The number of hydrogen-bond acceptors (Lipinski definition) is 6. The molecule has 0 bridgehead atoms. The van der Waals surface area contributed by atoms with Gasteiger partial charge in [0.15, 0.2) is 5.82 Å². The second-order valence-electron chi connectivity index (χ2n) is 6.55. The van der Waals surface area contributed by atoms with Gasteiger partial charge in [-0.1, -0.05) is 20.8 Å². The lowest BCUT2D eigenvalue weighted by molar-refractivity contribution is 0.556. The second-order valence-corrected chi connectivity index (χ2v) is 6.55. The van der Waals surface area contributed by atoms with Crippen molar-refractivity contribution < 1.29 is 0 Å². The van der Waals surface area contributed by atoms with Crippen LogP contribution in [0.2, 0.25) is 0 Å². The summed E-state index contributed by atoms with van der Waals surface area (Å²) in [5.74, 6) is 1.75. The number of rotatable bonds is 2. The van der Waals surface area contributed by atoms with Crippen molar-refractivity contribution in [2.24, 2.45) is 0 Å². The lowest BCUT2D eigenvalue weighted by atomic mass is 9.92. The van der Waals surface area contributed by atoms with Crippen LogP contribution in [0.25, 0.3) is 0 Å². The second kappa shape index (κ2) is 5.87. The summed E-state index contributed by atoms with van der Waals surface area (Å²) in [6, 6.07) is 5.99. The highest BCUT2D eigenvalue weighted by atomic mass is 15.3. The monoisotopic (exact) mass is 298 g/mol. The third-order valence-corrected chi connectivity index (χ3v) is 3.86. The molecule has 0 aliphatic carbocycles. The molecule has 6 nitrogen and oxygen atoms in total. The minimum Gasteiger partial charge on any atom is -0.352 e. The Morgan fingerprint density at radius 1 is 0.864 bits per heavy atom. The zero-order valence-electron chi connectivity index (χ0n) is 13.4. The average Bonchev–Trinajstić information content (AvgIpc) is 2.55. The summed E-state index contributed by atoms with van der Waals surface area (Å²) >= 11 is 0. The molecule has 0 atom stereocenters. The number of aromatic nitrogens is 4. The van der Waals surface area contributed by atoms with Gasteiger partial charge in [0.05, 0.1) is 5.69 Å².